The van der Waals surface area contributed by atoms with Crippen LogP contribution in [-0.2, 0) is 40.2 Å². The van der Waals surface area contributed by atoms with Crippen molar-refractivity contribution in [2.75, 3.05) is 52.6 Å². The summed E-state index contributed by atoms with van der Waals surface area (Å²) in [5.74, 6) is 0.965. The maximum absolute atomic E-state index is 16.2. The lowest BCUT2D eigenvalue weighted by atomic mass is 9.77. The number of hydrogen-bond donors (Lipinski definition) is 4. The summed E-state index contributed by atoms with van der Waals surface area (Å²) >= 11 is 0. The topological polar surface area (TPSA) is 123 Å². The summed E-state index contributed by atoms with van der Waals surface area (Å²) in [4.78, 5) is 37.8. The monoisotopic (exact) mass is 887 g/mol. The van der Waals surface area contributed by atoms with Gasteiger partial charge in [-0.3, -0.25) is 14.6 Å². The molecule has 10 heterocycles. The van der Waals surface area contributed by atoms with Gasteiger partial charge in [-0.15, -0.1) is 0 Å². The van der Waals surface area contributed by atoms with E-state index < -0.39 is 0 Å². The molecule has 0 spiro atoms. The molecule has 11 heteroatoms. The Hall–Kier alpha value is -4.75. The summed E-state index contributed by atoms with van der Waals surface area (Å²) in [5, 5.41) is 10.1. The van der Waals surface area contributed by atoms with Gasteiger partial charge in [0.25, 0.3) is 0 Å². The van der Waals surface area contributed by atoms with Crippen molar-refractivity contribution in [2.45, 2.75) is 115 Å². The number of rotatable bonds is 10. The number of carbonyl (C=O) groups is 1. The Bertz CT molecular complexity index is 2570. The molecule has 0 aliphatic carbocycles. The van der Waals surface area contributed by atoms with Crippen molar-refractivity contribution >= 4 is 27.9 Å². The Morgan fingerprint density at radius 2 is 1.06 bits per heavy atom. The SMILES string of the molecule is Cc1c[nH]c2ncc(-c3cc4c(c(C5CCCN5)c3)CN(C(C(=O)C(C3CCOCC3)N3CCc5cc(-c6cnc7[nH]cc(C)c7c6)cc(C6CCCN6)c5C3)C3CCOCC3)CC4)cc12. The molecule has 11 nitrogen and oxygen atoms in total. The second kappa shape index (κ2) is 18.1. The average molecular weight is 887 g/mol. The first-order valence-corrected chi connectivity index (χ1v) is 25.3. The number of Topliss-reactive ketones (excluding diaryl/α,β-unsaturated/α-hetero) is 1. The quantitative estimate of drug-likeness (QED) is 0.107. The van der Waals surface area contributed by atoms with E-state index in [0.717, 1.165) is 128 Å². The predicted octanol–water partition coefficient (Wildman–Crippen LogP) is 8.81. The fourth-order valence-electron chi connectivity index (χ4n) is 13.0. The minimum absolute atomic E-state index is 0.166. The molecule has 6 aromatic rings. The van der Waals surface area contributed by atoms with Crippen LogP contribution in [0.4, 0.5) is 0 Å². The van der Waals surface area contributed by atoms with E-state index in [1.54, 1.807) is 0 Å². The van der Waals surface area contributed by atoms with Crippen LogP contribution in [0.2, 0.25) is 0 Å². The van der Waals surface area contributed by atoms with Gasteiger partial charge >= 0.3 is 0 Å². The van der Waals surface area contributed by atoms with Gasteiger partial charge in [0.1, 0.15) is 11.3 Å². The predicted molar refractivity (Wildman–Crippen MR) is 260 cm³/mol. The summed E-state index contributed by atoms with van der Waals surface area (Å²) < 4.78 is 12.0. The van der Waals surface area contributed by atoms with E-state index in [9.17, 15) is 0 Å². The highest BCUT2D eigenvalue weighted by molar-refractivity contribution is 5.90. The van der Waals surface area contributed by atoms with Crippen molar-refractivity contribution in [1.82, 2.24) is 40.4 Å². The fourth-order valence-corrected chi connectivity index (χ4v) is 13.0. The minimum Gasteiger partial charge on any atom is -0.381 e. The van der Waals surface area contributed by atoms with Gasteiger partial charge in [0.15, 0.2) is 5.78 Å². The molecule has 0 radical (unpaired) electrons. The molecule has 66 heavy (non-hydrogen) atoms. The first-order chi connectivity index (χ1) is 32.4. The van der Waals surface area contributed by atoms with E-state index in [4.69, 9.17) is 19.4 Å². The molecule has 344 valence electrons. The van der Waals surface area contributed by atoms with Gasteiger partial charge in [-0.1, -0.05) is 12.1 Å². The van der Waals surface area contributed by atoms with Crippen molar-refractivity contribution in [1.29, 1.82) is 0 Å². The van der Waals surface area contributed by atoms with Gasteiger partial charge in [0, 0.05) is 111 Å². The number of hydrogen-bond acceptors (Lipinski definition) is 9. The number of aromatic nitrogens is 4. The Kier molecular flexibility index (Phi) is 11.6. The van der Waals surface area contributed by atoms with E-state index in [0.29, 0.717) is 17.9 Å². The largest absolute Gasteiger partial charge is 0.381 e. The lowest BCUT2D eigenvalue weighted by Gasteiger charge is -2.47. The summed E-state index contributed by atoms with van der Waals surface area (Å²) in [6, 6.07) is 14.7. The van der Waals surface area contributed by atoms with Crippen LogP contribution in [0, 0.1) is 25.7 Å². The molecule has 12 rings (SSSR count). The number of fused-ring (bicyclic) bond motifs is 4. The van der Waals surface area contributed by atoms with Crippen molar-refractivity contribution < 1.29 is 14.3 Å². The van der Waals surface area contributed by atoms with Gasteiger partial charge in [0.2, 0.25) is 0 Å². The second-order valence-electron chi connectivity index (χ2n) is 20.5. The zero-order valence-electron chi connectivity index (χ0n) is 38.9. The van der Waals surface area contributed by atoms with Gasteiger partial charge in [0.05, 0.1) is 12.1 Å². The van der Waals surface area contributed by atoms with Gasteiger partial charge < -0.3 is 30.1 Å². The minimum atomic E-state index is -0.166. The number of aromatic amines is 2. The van der Waals surface area contributed by atoms with Gasteiger partial charge in [-0.25, -0.2) is 9.97 Å². The molecule has 4 saturated heterocycles. The maximum Gasteiger partial charge on any atom is 0.167 e. The lowest BCUT2D eigenvalue weighted by Crippen LogP contribution is -2.59. The number of carbonyl (C=O) groups excluding carboxylic acids is 1. The van der Waals surface area contributed by atoms with Gasteiger partial charge in [-0.2, -0.15) is 0 Å². The summed E-state index contributed by atoms with van der Waals surface area (Å²) in [7, 11) is 0. The van der Waals surface area contributed by atoms with Crippen molar-refractivity contribution in [3.8, 4) is 22.3 Å². The molecule has 0 bridgehead atoms. The lowest BCUT2D eigenvalue weighted by molar-refractivity contribution is -0.138. The Labute approximate surface area is 388 Å². The highest BCUT2D eigenvalue weighted by Crippen LogP contribution is 2.42. The third kappa shape index (κ3) is 7.93. The van der Waals surface area contributed by atoms with Crippen LogP contribution in [0.25, 0.3) is 44.3 Å². The standard InChI is InChI=1S/C55H66N8O3/c1-33-27-58-54-43(33)25-41(29-60-54)39-21-37-7-15-62(31-47(37)45(23-39)49-5-3-13-56-49)51(35-9-17-65-18-10-35)53(64)52(36-11-19-66-20-12-36)63-16-8-38-22-40(24-46(48(38)32-63)50-6-4-14-57-50)42-26-44-34(2)28-59-55(44)61-30-42/h21-30,35-36,49-52,56-57H,3-20,31-32H2,1-2H3,(H,58,60)(H,59,61). The highest BCUT2D eigenvalue weighted by atomic mass is 16.5. The first kappa shape index (κ1) is 42.6. The fraction of sp³-hybridized carbons (Fsp3) is 0.509. The molecule has 4 atom stereocenters. The van der Waals surface area contributed by atoms with E-state index in [-0.39, 0.29) is 23.9 Å². The molecule has 4 aromatic heterocycles. The number of aryl methyl sites for hydroxylation is 2. The average Bonchev–Trinajstić information content (AvgIpc) is 4.22. The van der Waals surface area contributed by atoms with Crippen LogP contribution in [0.1, 0.15) is 108 Å². The zero-order valence-corrected chi connectivity index (χ0v) is 38.9. The molecule has 0 saturated carbocycles. The number of ketones is 1. The normalized spacial score (nSPS) is 23.4. The second-order valence-corrected chi connectivity index (χ2v) is 20.5. The molecule has 0 amide bonds. The number of H-pyrrole nitrogens is 2. The summed E-state index contributed by atoms with van der Waals surface area (Å²) in [6.45, 7) is 12.6. The van der Waals surface area contributed by atoms with Crippen LogP contribution in [-0.4, -0.2) is 100 Å². The van der Waals surface area contributed by atoms with Crippen LogP contribution in [0.15, 0.2) is 61.2 Å². The molecule has 6 aliphatic heterocycles. The molecular weight excluding hydrogens is 821 g/mol. The smallest absolute Gasteiger partial charge is 0.167 e. The molecule has 4 fully saturated rings. The molecular formula is C55H66N8O3. The van der Waals surface area contributed by atoms with Crippen LogP contribution >= 0.6 is 0 Å². The van der Waals surface area contributed by atoms with Crippen molar-refractivity contribution in [2.24, 2.45) is 11.8 Å². The molecule has 4 unspecified atom stereocenters. The Balaban J connectivity index is 0.897. The van der Waals surface area contributed by atoms with Crippen LogP contribution in [0.5, 0.6) is 0 Å². The van der Waals surface area contributed by atoms with E-state index in [2.05, 4.69) is 93.0 Å². The summed E-state index contributed by atoms with van der Waals surface area (Å²) in [6.07, 6.45) is 18.4. The molecule has 2 aromatic carbocycles. The maximum atomic E-state index is 16.2. The van der Waals surface area contributed by atoms with E-state index in [1.165, 1.54) is 90.4 Å². The number of nitrogens with one attached hydrogen (secondary N) is 4. The Morgan fingerprint density at radius 3 is 1.48 bits per heavy atom. The first-order valence-electron chi connectivity index (χ1n) is 25.3. The number of ether oxygens (including phenoxy) is 2. The van der Waals surface area contributed by atoms with Crippen molar-refractivity contribution in [3.63, 3.8) is 0 Å². The molecule has 6 aliphatic rings. The number of nitrogens with zero attached hydrogens (tertiary/aromatic N) is 4. The van der Waals surface area contributed by atoms with Crippen LogP contribution in [0.3, 0.4) is 0 Å². The zero-order chi connectivity index (χ0) is 44.3. The number of benzene rings is 2. The van der Waals surface area contributed by atoms with Gasteiger partial charge in [-0.05, 0) is 183 Å². The third-order valence-corrected chi connectivity index (χ3v) is 16.6. The summed E-state index contributed by atoms with van der Waals surface area (Å²) in [5.41, 5.74) is 17.7. The van der Waals surface area contributed by atoms with Crippen LogP contribution < -0.4 is 10.6 Å². The highest BCUT2D eigenvalue weighted by Gasteiger charge is 2.45. The number of pyridine rings is 2. The van der Waals surface area contributed by atoms with E-state index >= 15 is 4.79 Å². The molecule has 4 N–H and O–H groups in total. The van der Waals surface area contributed by atoms with E-state index in [1.807, 2.05) is 12.4 Å². The van der Waals surface area contributed by atoms with Crippen molar-refractivity contribution in [3.05, 3.63) is 106 Å². The Morgan fingerprint density at radius 1 is 0.606 bits per heavy atom. The third-order valence-electron chi connectivity index (χ3n) is 16.6.